The Labute approximate surface area is 150 Å². The smallest absolute Gasteiger partial charge is 0.262 e. The van der Waals surface area contributed by atoms with Crippen LogP contribution in [0.15, 0.2) is 48.0 Å². The molecule has 5 nitrogen and oxygen atoms in total. The van der Waals surface area contributed by atoms with Crippen LogP contribution >= 0.6 is 11.6 Å². The van der Waals surface area contributed by atoms with Crippen LogP contribution in [0, 0.1) is 11.3 Å². The molecule has 1 atom stereocenters. The van der Waals surface area contributed by atoms with E-state index in [0.717, 1.165) is 5.56 Å². The molecular weight excluding hydrogens is 340 g/mol. The molecule has 1 aliphatic rings. The van der Waals surface area contributed by atoms with Crippen molar-refractivity contribution in [3.63, 3.8) is 0 Å². The van der Waals surface area contributed by atoms with Crippen molar-refractivity contribution in [3.05, 3.63) is 64.2 Å². The number of amides is 1. The molecule has 6 heteroatoms. The van der Waals surface area contributed by atoms with Crippen LogP contribution in [0.2, 0.25) is 5.02 Å². The first-order chi connectivity index (χ1) is 12.1. The van der Waals surface area contributed by atoms with Crippen LogP contribution in [-0.4, -0.2) is 12.7 Å². The van der Waals surface area contributed by atoms with E-state index < -0.39 is 5.91 Å². The number of nitrogens with one attached hydrogen (secondary N) is 1. The van der Waals surface area contributed by atoms with Crippen LogP contribution in [-0.2, 0) is 4.79 Å². The van der Waals surface area contributed by atoms with E-state index in [9.17, 15) is 10.1 Å². The summed E-state index contributed by atoms with van der Waals surface area (Å²) in [5.41, 5.74) is 1.43. The largest absolute Gasteiger partial charge is 0.454 e. The van der Waals surface area contributed by atoms with Crippen LogP contribution in [0.4, 0.5) is 0 Å². The zero-order valence-corrected chi connectivity index (χ0v) is 14.2. The zero-order valence-electron chi connectivity index (χ0n) is 13.5. The number of carbonyl (C=O) groups excluding carboxylic acids is 1. The molecule has 0 fully saturated rings. The molecule has 2 aromatic carbocycles. The third-order valence-corrected chi connectivity index (χ3v) is 4.13. The standard InChI is InChI=1S/C19H15ClN2O3/c1-12(13-5-3-2-4-6-13)22-19(23)15(10-21)7-14-8-17-18(9-16(14)20)25-11-24-17/h2-9,12H,11H2,1H3,(H,22,23). The molecule has 1 amide bonds. The third-order valence-electron chi connectivity index (χ3n) is 3.80. The number of halogens is 1. The van der Waals surface area contributed by atoms with Gasteiger partial charge >= 0.3 is 0 Å². The Balaban J connectivity index is 1.81. The van der Waals surface area contributed by atoms with E-state index in [1.54, 1.807) is 12.1 Å². The molecule has 0 saturated carbocycles. The Morgan fingerprint density at radius 1 is 1.28 bits per heavy atom. The zero-order chi connectivity index (χ0) is 17.8. The maximum Gasteiger partial charge on any atom is 0.262 e. The lowest BCUT2D eigenvalue weighted by Crippen LogP contribution is -2.27. The maximum atomic E-state index is 12.4. The molecule has 0 spiro atoms. The first-order valence-corrected chi connectivity index (χ1v) is 8.03. The second-order valence-electron chi connectivity index (χ2n) is 5.50. The summed E-state index contributed by atoms with van der Waals surface area (Å²) in [4.78, 5) is 12.4. The molecule has 25 heavy (non-hydrogen) atoms. The second kappa shape index (κ2) is 7.29. The number of rotatable bonds is 4. The van der Waals surface area contributed by atoms with E-state index in [-0.39, 0.29) is 18.4 Å². The van der Waals surface area contributed by atoms with Gasteiger partial charge in [0.2, 0.25) is 6.79 Å². The fourth-order valence-corrected chi connectivity index (χ4v) is 2.66. The fourth-order valence-electron chi connectivity index (χ4n) is 2.45. The molecule has 0 saturated heterocycles. The number of nitrogens with zero attached hydrogens (tertiary/aromatic N) is 1. The average Bonchev–Trinajstić information content (AvgIpc) is 3.07. The van der Waals surface area contributed by atoms with Gasteiger partial charge in [0.1, 0.15) is 11.6 Å². The molecule has 0 radical (unpaired) electrons. The van der Waals surface area contributed by atoms with E-state index in [4.69, 9.17) is 21.1 Å². The van der Waals surface area contributed by atoms with Gasteiger partial charge in [-0.25, -0.2) is 0 Å². The molecule has 0 aromatic heterocycles. The van der Waals surface area contributed by atoms with Crippen LogP contribution in [0.3, 0.4) is 0 Å². The SMILES string of the molecule is CC(NC(=O)C(C#N)=Cc1cc2c(cc1Cl)OCO2)c1ccccc1. The Morgan fingerprint density at radius 3 is 2.64 bits per heavy atom. The van der Waals surface area contributed by atoms with Crippen LogP contribution < -0.4 is 14.8 Å². The summed E-state index contributed by atoms with van der Waals surface area (Å²) in [6.07, 6.45) is 1.44. The summed E-state index contributed by atoms with van der Waals surface area (Å²) in [6, 6.07) is 14.5. The van der Waals surface area contributed by atoms with Crippen molar-refractivity contribution in [1.82, 2.24) is 5.32 Å². The number of benzene rings is 2. The highest BCUT2D eigenvalue weighted by Crippen LogP contribution is 2.37. The summed E-state index contributed by atoms with van der Waals surface area (Å²) < 4.78 is 10.5. The second-order valence-corrected chi connectivity index (χ2v) is 5.91. The molecule has 1 aliphatic heterocycles. The number of hydrogen-bond acceptors (Lipinski definition) is 4. The fraction of sp³-hybridized carbons (Fsp3) is 0.158. The highest BCUT2D eigenvalue weighted by Gasteiger charge is 2.18. The van der Waals surface area contributed by atoms with Crippen molar-refractivity contribution < 1.29 is 14.3 Å². The third kappa shape index (κ3) is 3.76. The summed E-state index contributed by atoms with van der Waals surface area (Å²) in [6.45, 7) is 1.98. The van der Waals surface area contributed by atoms with Gasteiger partial charge in [0.05, 0.1) is 11.1 Å². The van der Waals surface area contributed by atoms with Gasteiger partial charge < -0.3 is 14.8 Å². The molecule has 126 valence electrons. The summed E-state index contributed by atoms with van der Waals surface area (Å²) >= 11 is 6.19. The summed E-state index contributed by atoms with van der Waals surface area (Å²) in [7, 11) is 0. The molecular formula is C19H15ClN2O3. The lowest BCUT2D eigenvalue weighted by Gasteiger charge is -2.13. The first kappa shape index (κ1) is 16.9. The molecule has 2 aromatic rings. The van der Waals surface area contributed by atoms with Gasteiger partial charge in [0.25, 0.3) is 5.91 Å². The van der Waals surface area contributed by atoms with Gasteiger partial charge in [-0.05, 0) is 30.2 Å². The summed E-state index contributed by atoms with van der Waals surface area (Å²) in [5, 5.41) is 12.5. The number of hydrogen-bond donors (Lipinski definition) is 1. The van der Waals surface area contributed by atoms with Crippen LogP contribution in [0.25, 0.3) is 6.08 Å². The van der Waals surface area contributed by atoms with Gasteiger partial charge in [-0.2, -0.15) is 5.26 Å². The van der Waals surface area contributed by atoms with Crippen molar-refractivity contribution in [2.75, 3.05) is 6.79 Å². The molecule has 0 bridgehead atoms. The number of ether oxygens (including phenoxy) is 2. The highest BCUT2D eigenvalue weighted by atomic mass is 35.5. The van der Waals surface area contributed by atoms with E-state index in [2.05, 4.69) is 5.32 Å². The Morgan fingerprint density at radius 2 is 1.96 bits per heavy atom. The monoisotopic (exact) mass is 354 g/mol. The van der Waals surface area contributed by atoms with Crippen molar-refractivity contribution >= 4 is 23.6 Å². The quantitative estimate of drug-likeness (QED) is 0.668. The highest BCUT2D eigenvalue weighted by molar-refractivity contribution is 6.32. The summed E-state index contributed by atoms with van der Waals surface area (Å²) in [5.74, 6) is 0.612. The van der Waals surface area contributed by atoms with E-state index >= 15 is 0 Å². The van der Waals surface area contributed by atoms with Gasteiger partial charge in [0, 0.05) is 6.07 Å². The Kier molecular flexibility index (Phi) is 4.92. The van der Waals surface area contributed by atoms with Gasteiger partial charge in [-0.1, -0.05) is 41.9 Å². The maximum absolute atomic E-state index is 12.4. The molecule has 0 aliphatic carbocycles. The lowest BCUT2D eigenvalue weighted by molar-refractivity contribution is -0.117. The van der Waals surface area contributed by atoms with Crippen LogP contribution in [0.1, 0.15) is 24.1 Å². The predicted molar refractivity (Wildman–Crippen MR) is 94.2 cm³/mol. The minimum atomic E-state index is -0.465. The van der Waals surface area contributed by atoms with Gasteiger partial charge in [-0.3, -0.25) is 4.79 Å². The lowest BCUT2D eigenvalue weighted by atomic mass is 10.1. The van der Waals surface area contributed by atoms with Gasteiger partial charge in [0.15, 0.2) is 11.5 Å². The number of carbonyl (C=O) groups is 1. The Bertz CT molecular complexity index is 872. The van der Waals surface area contributed by atoms with Crippen molar-refractivity contribution in [2.45, 2.75) is 13.0 Å². The van der Waals surface area contributed by atoms with E-state index in [0.29, 0.717) is 22.1 Å². The van der Waals surface area contributed by atoms with Crippen molar-refractivity contribution in [3.8, 4) is 17.6 Å². The number of fused-ring (bicyclic) bond motifs is 1. The minimum absolute atomic E-state index is 0.0384. The van der Waals surface area contributed by atoms with Crippen molar-refractivity contribution in [2.24, 2.45) is 0 Å². The normalized spacial score (nSPS) is 13.9. The van der Waals surface area contributed by atoms with Gasteiger partial charge in [-0.15, -0.1) is 0 Å². The topological polar surface area (TPSA) is 71.4 Å². The Hall–Kier alpha value is -2.97. The molecule has 1 unspecified atom stereocenters. The molecule has 3 rings (SSSR count). The number of nitriles is 1. The first-order valence-electron chi connectivity index (χ1n) is 7.65. The minimum Gasteiger partial charge on any atom is -0.454 e. The molecule has 1 heterocycles. The van der Waals surface area contributed by atoms with E-state index in [1.165, 1.54) is 6.08 Å². The van der Waals surface area contributed by atoms with Crippen LogP contribution in [0.5, 0.6) is 11.5 Å². The van der Waals surface area contributed by atoms with E-state index in [1.807, 2.05) is 43.3 Å². The molecule has 1 N–H and O–H groups in total. The predicted octanol–water partition coefficient (Wildman–Crippen LogP) is 3.85. The average molecular weight is 355 g/mol. The van der Waals surface area contributed by atoms with Crippen molar-refractivity contribution in [1.29, 1.82) is 5.26 Å².